The van der Waals surface area contributed by atoms with E-state index in [2.05, 4.69) is 27.4 Å². The Labute approximate surface area is 98.0 Å². The molecule has 6 nitrogen and oxygen atoms in total. The van der Waals surface area contributed by atoms with E-state index in [0.717, 1.165) is 0 Å². The smallest absolute Gasteiger partial charge is 0.450 e. The Balaban J connectivity index is 0.00000121. The Morgan fingerprint density at radius 1 is 1.12 bits per heavy atom. The second kappa shape index (κ2) is 8.78. The van der Waals surface area contributed by atoms with Crippen molar-refractivity contribution in [1.29, 1.82) is 0 Å². The third-order valence-electron chi connectivity index (χ3n) is 1.30. The van der Waals surface area contributed by atoms with Gasteiger partial charge < -0.3 is 19.3 Å². The standard InChI is InChI=1S/C9H8O6.C2H4/c10-8(11)13-6-14-9(12)15-7-4-2-1-3-5-7;1-2/h1-5H,6H2,(H,10,11);1-2H2. The molecular weight excluding hydrogens is 228 g/mol. The molecule has 0 atom stereocenters. The number of carboxylic acid groups (broad SMARTS) is 1. The van der Waals surface area contributed by atoms with Crippen LogP contribution in [0.15, 0.2) is 43.5 Å². The third kappa shape index (κ3) is 7.43. The van der Waals surface area contributed by atoms with Crippen molar-refractivity contribution in [2.75, 3.05) is 6.79 Å². The summed E-state index contributed by atoms with van der Waals surface area (Å²) in [4.78, 5) is 20.8. The topological polar surface area (TPSA) is 82.1 Å². The molecule has 0 bridgehead atoms. The van der Waals surface area contributed by atoms with E-state index in [1.807, 2.05) is 0 Å². The van der Waals surface area contributed by atoms with E-state index >= 15 is 0 Å². The zero-order valence-corrected chi connectivity index (χ0v) is 9.00. The summed E-state index contributed by atoms with van der Waals surface area (Å²) >= 11 is 0. The molecule has 0 spiro atoms. The molecule has 0 unspecified atom stereocenters. The van der Waals surface area contributed by atoms with Crippen molar-refractivity contribution in [2.45, 2.75) is 0 Å². The number of carbonyl (C=O) groups is 2. The maximum Gasteiger partial charge on any atom is 0.516 e. The van der Waals surface area contributed by atoms with Crippen LogP contribution >= 0.6 is 0 Å². The molecule has 1 rings (SSSR count). The molecule has 0 saturated heterocycles. The highest BCUT2D eigenvalue weighted by Crippen LogP contribution is 2.08. The number of ether oxygens (including phenoxy) is 3. The summed E-state index contributed by atoms with van der Waals surface area (Å²) in [6.07, 6.45) is -2.55. The summed E-state index contributed by atoms with van der Waals surface area (Å²) < 4.78 is 12.9. The zero-order chi connectivity index (χ0) is 13.1. The number of para-hydroxylation sites is 1. The Kier molecular flexibility index (Phi) is 7.49. The first-order valence-corrected chi connectivity index (χ1v) is 4.44. The predicted molar refractivity (Wildman–Crippen MR) is 58.8 cm³/mol. The molecular formula is C11H12O6. The second-order valence-electron chi connectivity index (χ2n) is 2.34. The summed E-state index contributed by atoms with van der Waals surface area (Å²) in [6.45, 7) is 5.31. The van der Waals surface area contributed by atoms with Gasteiger partial charge >= 0.3 is 12.3 Å². The molecule has 0 aliphatic rings. The van der Waals surface area contributed by atoms with Gasteiger partial charge in [-0.25, -0.2) is 9.59 Å². The van der Waals surface area contributed by atoms with Crippen LogP contribution in [0.3, 0.4) is 0 Å². The van der Waals surface area contributed by atoms with Gasteiger partial charge in [0.25, 0.3) is 0 Å². The maximum atomic E-state index is 10.9. The molecule has 0 saturated carbocycles. The first-order chi connectivity index (χ1) is 8.18. The van der Waals surface area contributed by atoms with Crippen molar-refractivity contribution < 1.29 is 28.9 Å². The monoisotopic (exact) mass is 240 g/mol. The second-order valence-corrected chi connectivity index (χ2v) is 2.34. The van der Waals surface area contributed by atoms with Crippen LogP contribution in [-0.2, 0) is 9.47 Å². The molecule has 0 amide bonds. The van der Waals surface area contributed by atoms with Crippen molar-refractivity contribution in [2.24, 2.45) is 0 Å². The van der Waals surface area contributed by atoms with Gasteiger partial charge in [0.15, 0.2) is 0 Å². The van der Waals surface area contributed by atoms with Crippen LogP contribution in [0.1, 0.15) is 0 Å². The summed E-state index contributed by atoms with van der Waals surface area (Å²) in [5.41, 5.74) is 0. The number of benzene rings is 1. The van der Waals surface area contributed by atoms with E-state index in [4.69, 9.17) is 5.11 Å². The molecule has 0 heterocycles. The van der Waals surface area contributed by atoms with Crippen LogP contribution in [0.2, 0.25) is 0 Å². The fraction of sp³-hybridized carbons (Fsp3) is 0.0909. The predicted octanol–water partition coefficient (Wildman–Crippen LogP) is 2.66. The molecule has 0 aliphatic carbocycles. The normalized spacial score (nSPS) is 8.24. The lowest BCUT2D eigenvalue weighted by Crippen LogP contribution is -2.14. The minimum absolute atomic E-state index is 0.304. The van der Waals surface area contributed by atoms with Crippen LogP contribution in [0.25, 0.3) is 0 Å². The number of hydrogen-bond acceptors (Lipinski definition) is 5. The van der Waals surface area contributed by atoms with Crippen LogP contribution < -0.4 is 4.74 Å². The van der Waals surface area contributed by atoms with Gasteiger partial charge in [0.1, 0.15) is 5.75 Å². The summed E-state index contributed by atoms with van der Waals surface area (Å²) in [7, 11) is 0. The molecule has 0 aliphatic heterocycles. The quantitative estimate of drug-likeness (QED) is 0.378. The van der Waals surface area contributed by atoms with Crippen LogP contribution in [0.4, 0.5) is 9.59 Å². The molecule has 17 heavy (non-hydrogen) atoms. The SMILES string of the molecule is C=C.O=C(O)OCOC(=O)Oc1ccccc1. The van der Waals surface area contributed by atoms with Crippen LogP contribution in [0.5, 0.6) is 5.75 Å². The molecule has 0 fully saturated rings. The summed E-state index contributed by atoms with van der Waals surface area (Å²) in [6, 6.07) is 8.22. The lowest BCUT2D eigenvalue weighted by Gasteiger charge is -2.04. The van der Waals surface area contributed by atoms with E-state index in [9.17, 15) is 9.59 Å². The lowest BCUT2D eigenvalue weighted by atomic mass is 10.3. The highest BCUT2D eigenvalue weighted by atomic mass is 16.8. The largest absolute Gasteiger partial charge is 0.516 e. The average Bonchev–Trinajstić information content (AvgIpc) is 2.32. The minimum Gasteiger partial charge on any atom is -0.450 e. The van der Waals surface area contributed by atoms with Crippen molar-refractivity contribution in [3.05, 3.63) is 43.5 Å². The maximum absolute atomic E-state index is 10.9. The van der Waals surface area contributed by atoms with Gasteiger partial charge in [-0.3, -0.25) is 0 Å². The van der Waals surface area contributed by atoms with E-state index in [-0.39, 0.29) is 0 Å². The highest BCUT2D eigenvalue weighted by Gasteiger charge is 2.06. The van der Waals surface area contributed by atoms with Gasteiger partial charge in [-0.15, -0.1) is 13.2 Å². The van der Waals surface area contributed by atoms with E-state index < -0.39 is 19.1 Å². The highest BCUT2D eigenvalue weighted by molar-refractivity contribution is 5.64. The number of rotatable bonds is 3. The Hall–Kier alpha value is -2.50. The molecule has 1 aromatic carbocycles. The Morgan fingerprint density at radius 3 is 2.24 bits per heavy atom. The van der Waals surface area contributed by atoms with Crippen LogP contribution in [-0.4, -0.2) is 24.2 Å². The molecule has 1 N–H and O–H groups in total. The summed E-state index contributed by atoms with van der Waals surface area (Å²) in [5.74, 6) is 0.304. The van der Waals surface area contributed by atoms with Crippen molar-refractivity contribution >= 4 is 12.3 Å². The van der Waals surface area contributed by atoms with Crippen LogP contribution in [0, 0.1) is 0 Å². The molecule has 6 heteroatoms. The van der Waals surface area contributed by atoms with Crippen molar-refractivity contribution in [3.63, 3.8) is 0 Å². The Morgan fingerprint density at radius 2 is 1.71 bits per heavy atom. The van der Waals surface area contributed by atoms with Gasteiger partial charge in [-0.2, -0.15) is 0 Å². The average molecular weight is 240 g/mol. The van der Waals surface area contributed by atoms with Gasteiger partial charge in [0.2, 0.25) is 6.79 Å². The van der Waals surface area contributed by atoms with Gasteiger partial charge in [-0.1, -0.05) is 18.2 Å². The van der Waals surface area contributed by atoms with Gasteiger partial charge in [0.05, 0.1) is 0 Å². The molecule has 1 aromatic rings. The fourth-order valence-electron chi connectivity index (χ4n) is 0.742. The van der Waals surface area contributed by atoms with Crippen molar-refractivity contribution in [1.82, 2.24) is 0 Å². The van der Waals surface area contributed by atoms with Gasteiger partial charge in [-0.05, 0) is 12.1 Å². The first kappa shape index (κ1) is 14.5. The minimum atomic E-state index is -1.53. The fourth-order valence-corrected chi connectivity index (χ4v) is 0.742. The number of carbonyl (C=O) groups excluding carboxylic acids is 1. The number of hydrogen-bond donors (Lipinski definition) is 1. The lowest BCUT2D eigenvalue weighted by molar-refractivity contribution is -0.0137. The third-order valence-corrected chi connectivity index (χ3v) is 1.30. The molecule has 0 radical (unpaired) electrons. The summed E-state index contributed by atoms with van der Waals surface area (Å²) in [5, 5.41) is 8.06. The molecule has 92 valence electrons. The van der Waals surface area contributed by atoms with E-state index in [1.54, 1.807) is 30.3 Å². The first-order valence-electron chi connectivity index (χ1n) is 4.44. The van der Waals surface area contributed by atoms with E-state index in [0.29, 0.717) is 5.75 Å². The zero-order valence-electron chi connectivity index (χ0n) is 9.00. The Bertz CT molecular complexity index is 348. The van der Waals surface area contributed by atoms with Crippen molar-refractivity contribution in [3.8, 4) is 5.75 Å². The van der Waals surface area contributed by atoms with Gasteiger partial charge in [0, 0.05) is 0 Å². The molecule has 0 aromatic heterocycles. The van der Waals surface area contributed by atoms with E-state index in [1.165, 1.54) is 0 Å².